The van der Waals surface area contributed by atoms with Crippen LogP contribution in [0.1, 0.15) is 32.9 Å². The number of ether oxygens (including phenoxy) is 2. The lowest BCUT2D eigenvalue weighted by molar-refractivity contribution is -0.155. The summed E-state index contributed by atoms with van der Waals surface area (Å²) in [6, 6.07) is 1.36. The van der Waals surface area contributed by atoms with E-state index in [9.17, 15) is 24.3 Å². The van der Waals surface area contributed by atoms with Crippen LogP contribution in [0.3, 0.4) is 0 Å². The minimum absolute atomic E-state index is 0.0350. The van der Waals surface area contributed by atoms with Gasteiger partial charge in [0.05, 0.1) is 19.1 Å². The number of hydrogen-bond acceptors (Lipinski definition) is 8. The van der Waals surface area contributed by atoms with Crippen LogP contribution in [0.15, 0.2) is 22.2 Å². The molecule has 1 fully saturated rings. The van der Waals surface area contributed by atoms with Crippen molar-refractivity contribution in [3.8, 4) is 0 Å². The Balaban J connectivity index is 2.40. The van der Waals surface area contributed by atoms with Crippen molar-refractivity contribution >= 4 is 23.7 Å². The van der Waals surface area contributed by atoms with Gasteiger partial charge in [-0.15, -0.1) is 0 Å². The molecule has 0 saturated carbocycles. The Morgan fingerprint density at radius 1 is 1.48 bits per heavy atom. The Labute approximate surface area is 164 Å². The highest BCUT2D eigenvalue weighted by atomic mass is 16.6. The van der Waals surface area contributed by atoms with Gasteiger partial charge in [-0.25, -0.2) is 4.79 Å². The third-order valence-electron chi connectivity index (χ3n) is 4.22. The number of anilines is 1. The van der Waals surface area contributed by atoms with E-state index in [-0.39, 0.29) is 24.7 Å². The first kappa shape index (κ1) is 21.9. The average Bonchev–Trinajstić information content (AvgIpc) is 2.96. The standard InChI is InChI=1S/C16H20N6O7/c1-3-12(24)19-11-4-5-22(16(27)20-11)15-14(28-8(2)23)9(6-13(25)26)10(29-15)7-18-21-17/h4-5,9-10,14-15H,3,6-7H2,1-2H3,(H,25,26)(H,19,20,24,27)/t9-,10-,14-,15-/m1/s1. The fraction of sp³-hybridized carbons (Fsp3) is 0.562. The number of carbonyl (C=O) groups excluding carboxylic acids is 2. The van der Waals surface area contributed by atoms with Gasteiger partial charge in [0.25, 0.3) is 0 Å². The normalized spacial score (nSPS) is 23.1. The van der Waals surface area contributed by atoms with Crippen molar-refractivity contribution in [3.63, 3.8) is 0 Å². The number of amides is 1. The second kappa shape index (κ2) is 9.66. The summed E-state index contributed by atoms with van der Waals surface area (Å²) in [4.78, 5) is 53.1. The van der Waals surface area contributed by atoms with Crippen molar-refractivity contribution in [2.45, 2.75) is 45.1 Å². The van der Waals surface area contributed by atoms with Crippen molar-refractivity contribution in [2.24, 2.45) is 11.0 Å². The van der Waals surface area contributed by atoms with Crippen LogP contribution >= 0.6 is 0 Å². The van der Waals surface area contributed by atoms with E-state index in [1.54, 1.807) is 6.92 Å². The molecule has 2 heterocycles. The third kappa shape index (κ3) is 5.53. The average molecular weight is 408 g/mol. The smallest absolute Gasteiger partial charge is 0.351 e. The number of aromatic nitrogens is 2. The monoisotopic (exact) mass is 408 g/mol. The van der Waals surface area contributed by atoms with E-state index in [1.807, 2.05) is 0 Å². The fourth-order valence-corrected chi connectivity index (χ4v) is 2.99. The quantitative estimate of drug-likeness (QED) is 0.274. The van der Waals surface area contributed by atoms with Gasteiger partial charge in [0, 0.05) is 30.4 Å². The topological polar surface area (TPSA) is 186 Å². The van der Waals surface area contributed by atoms with Crippen LogP contribution in [0.2, 0.25) is 0 Å². The summed E-state index contributed by atoms with van der Waals surface area (Å²) in [7, 11) is 0. The molecule has 0 bridgehead atoms. The molecule has 0 aliphatic carbocycles. The lowest BCUT2D eigenvalue weighted by Crippen LogP contribution is -2.37. The van der Waals surface area contributed by atoms with Crippen molar-refractivity contribution in [3.05, 3.63) is 33.2 Å². The molecule has 0 radical (unpaired) electrons. The van der Waals surface area contributed by atoms with Crippen LogP contribution in [0.25, 0.3) is 10.4 Å². The van der Waals surface area contributed by atoms with E-state index >= 15 is 0 Å². The number of nitrogens with one attached hydrogen (secondary N) is 1. The minimum atomic E-state index is -1.18. The maximum absolute atomic E-state index is 12.5. The number of carbonyl (C=O) groups is 3. The molecule has 156 valence electrons. The maximum atomic E-state index is 12.5. The van der Waals surface area contributed by atoms with Gasteiger partial charge in [0.1, 0.15) is 5.82 Å². The molecular formula is C16H20N6O7. The summed E-state index contributed by atoms with van der Waals surface area (Å²) >= 11 is 0. The van der Waals surface area contributed by atoms with E-state index in [0.717, 1.165) is 11.5 Å². The zero-order valence-electron chi connectivity index (χ0n) is 15.7. The van der Waals surface area contributed by atoms with Crippen molar-refractivity contribution in [1.82, 2.24) is 9.55 Å². The Bertz CT molecular complexity index is 894. The van der Waals surface area contributed by atoms with Gasteiger partial charge < -0.3 is 19.9 Å². The zero-order chi connectivity index (χ0) is 21.6. The van der Waals surface area contributed by atoms with Gasteiger partial charge in [-0.3, -0.25) is 19.0 Å². The highest BCUT2D eigenvalue weighted by Crippen LogP contribution is 2.38. The van der Waals surface area contributed by atoms with Gasteiger partial charge in [0.15, 0.2) is 12.3 Å². The predicted molar refractivity (Wildman–Crippen MR) is 96.6 cm³/mol. The number of aliphatic carboxylic acids is 1. The fourth-order valence-electron chi connectivity index (χ4n) is 2.99. The van der Waals surface area contributed by atoms with E-state index in [2.05, 4.69) is 20.3 Å². The van der Waals surface area contributed by atoms with Crippen molar-refractivity contribution < 1.29 is 29.0 Å². The van der Waals surface area contributed by atoms with Crippen LogP contribution in [-0.4, -0.2) is 51.3 Å². The number of carboxylic acid groups (broad SMARTS) is 1. The summed E-state index contributed by atoms with van der Waals surface area (Å²) in [6.07, 6.45) is -2.16. The lowest BCUT2D eigenvalue weighted by atomic mass is 9.94. The molecule has 2 rings (SSSR count). The highest BCUT2D eigenvalue weighted by molar-refractivity contribution is 5.89. The first-order chi connectivity index (χ1) is 13.8. The second-order valence-electron chi connectivity index (χ2n) is 6.22. The van der Waals surface area contributed by atoms with Crippen molar-refractivity contribution in [2.75, 3.05) is 11.9 Å². The Morgan fingerprint density at radius 2 is 2.21 bits per heavy atom. The van der Waals surface area contributed by atoms with Gasteiger partial charge in [-0.05, 0) is 11.6 Å². The summed E-state index contributed by atoms with van der Waals surface area (Å²) < 4.78 is 12.0. The van der Waals surface area contributed by atoms with Crippen LogP contribution in [0.5, 0.6) is 0 Å². The van der Waals surface area contributed by atoms with Gasteiger partial charge in [-0.1, -0.05) is 12.0 Å². The van der Waals surface area contributed by atoms with Gasteiger partial charge in [-0.2, -0.15) is 4.98 Å². The van der Waals surface area contributed by atoms with Gasteiger partial charge >= 0.3 is 17.6 Å². The van der Waals surface area contributed by atoms with Crippen LogP contribution in [0, 0.1) is 5.92 Å². The highest BCUT2D eigenvalue weighted by Gasteiger charge is 2.48. The van der Waals surface area contributed by atoms with Crippen LogP contribution in [0.4, 0.5) is 5.82 Å². The minimum Gasteiger partial charge on any atom is -0.481 e. The third-order valence-corrected chi connectivity index (χ3v) is 4.22. The Kier molecular flexibility index (Phi) is 7.28. The van der Waals surface area contributed by atoms with Crippen LogP contribution in [-0.2, 0) is 23.9 Å². The summed E-state index contributed by atoms with van der Waals surface area (Å²) in [6.45, 7) is 2.56. The van der Waals surface area contributed by atoms with Gasteiger partial charge in [0.2, 0.25) is 5.91 Å². The molecule has 1 aliphatic rings. The SMILES string of the molecule is CCC(=O)Nc1ccn([C@@H]2O[C@H](CN=[N+]=[N-])[C@@H](CC(=O)O)[C@H]2OC(C)=O)c(=O)n1. The molecule has 0 unspecified atom stereocenters. The molecule has 0 aromatic carbocycles. The molecule has 1 aliphatic heterocycles. The molecule has 1 saturated heterocycles. The molecule has 4 atom stereocenters. The molecular weight excluding hydrogens is 388 g/mol. The molecule has 1 aromatic heterocycles. The molecule has 1 amide bonds. The van der Waals surface area contributed by atoms with Crippen molar-refractivity contribution in [1.29, 1.82) is 0 Å². The van der Waals surface area contributed by atoms with Crippen LogP contribution < -0.4 is 11.0 Å². The second-order valence-corrected chi connectivity index (χ2v) is 6.22. The first-order valence-corrected chi connectivity index (χ1v) is 8.71. The number of rotatable bonds is 8. The predicted octanol–water partition coefficient (Wildman–Crippen LogP) is 0.822. The Morgan fingerprint density at radius 3 is 2.76 bits per heavy atom. The molecule has 13 heteroatoms. The van der Waals surface area contributed by atoms with E-state index < -0.39 is 48.4 Å². The summed E-state index contributed by atoms with van der Waals surface area (Å²) in [5, 5.41) is 15.0. The number of esters is 1. The van der Waals surface area contributed by atoms with E-state index in [0.29, 0.717) is 0 Å². The number of nitrogens with zero attached hydrogens (tertiary/aromatic N) is 5. The largest absolute Gasteiger partial charge is 0.481 e. The molecule has 29 heavy (non-hydrogen) atoms. The summed E-state index contributed by atoms with van der Waals surface area (Å²) in [5.74, 6) is -3.03. The Hall–Kier alpha value is -3.44. The van der Waals surface area contributed by atoms with E-state index in [1.165, 1.54) is 12.3 Å². The first-order valence-electron chi connectivity index (χ1n) is 8.71. The maximum Gasteiger partial charge on any atom is 0.351 e. The van der Waals surface area contributed by atoms with E-state index in [4.69, 9.17) is 15.0 Å². The molecule has 1 aromatic rings. The summed E-state index contributed by atoms with van der Waals surface area (Å²) in [5.41, 5.74) is 7.75. The molecule has 13 nitrogen and oxygen atoms in total. The molecule has 2 N–H and O–H groups in total. The zero-order valence-corrected chi connectivity index (χ0v) is 15.7. The number of hydrogen-bond donors (Lipinski definition) is 2. The number of carboxylic acids is 1. The molecule has 0 spiro atoms. The number of azide groups is 1. The lowest BCUT2D eigenvalue weighted by Gasteiger charge is -2.23.